The summed E-state index contributed by atoms with van der Waals surface area (Å²) in [4.78, 5) is 23.2. The van der Waals surface area contributed by atoms with Gasteiger partial charge in [-0.2, -0.15) is 0 Å². The number of nitrogens with two attached hydrogens (primary N) is 1. The van der Waals surface area contributed by atoms with E-state index in [-0.39, 0.29) is 23.8 Å². The van der Waals surface area contributed by atoms with E-state index in [1.54, 1.807) is 0 Å². The summed E-state index contributed by atoms with van der Waals surface area (Å²) in [5, 5.41) is 3.04. The van der Waals surface area contributed by atoms with Gasteiger partial charge in [0.15, 0.2) is 0 Å². The van der Waals surface area contributed by atoms with Crippen LogP contribution in [0.25, 0.3) is 0 Å². The first-order valence-corrected chi connectivity index (χ1v) is 6.73. The third-order valence-electron chi connectivity index (χ3n) is 3.85. The number of rotatable bonds is 3. The van der Waals surface area contributed by atoms with E-state index in [0.29, 0.717) is 0 Å². The van der Waals surface area contributed by atoms with E-state index in [9.17, 15) is 9.59 Å². The maximum atomic E-state index is 12.1. The number of aryl methyl sites for hydroxylation is 1. The zero-order chi connectivity index (χ0) is 13.8. The van der Waals surface area contributed by atoms with Gasteiger partial charge in [0.2, 0.25) is 5.91 Å². The van der Waals surface area contributed by atoms with Gasteiger partial charge in [-0.3, -0.25) is 9.59 Å². The Kier molecular flexibility index (Phi) is 4.20. The van der Waals surface area contributed by atoms with Gasteiger partial charge in [0, 0.05) is 17.5 Å². The van der Waals surface area contributed by atoms with Gasteiger partial charge in [0.1, 0.15) is 0 Å². The number of carbonyl (C=O) groups is 2. The normalized spacial score (nSPS) is 22.8. The minimum Gasteiger partial charge on any atom is -0.369 e. The van der Waals surface area contributed by atoms with E-state index in [1.165, 1.54) is 0 Å². The van der Waals surface area contributed by atoms with Crippen LogP contribution in [-0.2, 0) is 4.79 Å². The topological polar surface area (TPSA) is 72.2 Å². The van der Waals surface area contributed by atoms with Crippen molar-refractivity contribution in [1.82, 2.24) is 5.32 Å². The molecular formula is C15H20N2O2. The molecule has 0 bridgehead atoms. The van der Waals surface area contributed by atoms with Gasteiger partial charge in [-0.05, 0) is 44.2 Å². The molecule has 1 aliphatic carbocycles. The largest absolute Gasteiger partial charge is 0.369 e. The number of benzene rings is 1. The lowest BCUT2D eigenvalue weighted by Gasteiger charge is -2.27. The van der Waals surface area contributed by atoms with Crippen molar-refractivity contribution in [2.24, 2.45) is 11.7 Å². The Balaban J connectivity index is 1.91. The standard InChI is InChI=1S/C15H20N2O2/c1-10-4-2-3-5-13(10)15(19)17-12-8-6-11(7-9-12)14(16)18/h2-5,11-12H,6-9H2,1H3,(H2,16,18)(H,17,19)/t11-,12+. The molecule has 0 aromatic heterocycles. The van der Waals surface area contributed by atoms with Crippen molar-refractivity contribution in [3.8, 4) is 0 Å². The third-order valence-corrected chi connectivity index (χ3v) is 3.85. The zero-order valence-corrected chi connectivity index (χ0v) is 11.2. The molecule has 0 atom stereocenters. The second kappa shape index (κ2) is 5.87. The lowest BCUT2D eigenvalue weighted by molar-refractivity contribution is -0.122. The number of hydrogen-bond donors (Lipinski definition) is 2. The van der Waals surface area contributed by atoms with Crippen LogP contribution in [0.1, 0.15) is 41.6 Å². The first kappa shape index (κ1) is 13.6. The summed E-state index contributed by atoms with van der Waals surface area (Å²) in [6, 6.07) is 7.71. The first-order chi connectivity index (χ1) is 9.08. The summed E-state index contributed by atoms with van der Waals surface area (Å²) in [6.07, 6.45) is 3.19. The van der Waals surface area contributed by atoms with Crippen LogP contribution in [0.15, 0.2) is 24.3 Å². The molecule has 0 heterocycles. The van der Waals surface area contributed by atoms with Crippen molar-refractivity contribution in [1.29, 1.82) is 0 Å². The Morgan fingerprint density at radius 2 is 1.79 bits per heavy atom. The fraction of sp³-hybridized carbons (Fsp3) is 0.467. The second-order valence-electron chi connectivity index (χ2n) is 5.24. The molecule has 1 fully saturated rings. The van der Waals surface area contributed by atoms with Crippen LogP contribution < -0.4 is 11.1 Å². The Morgan fingerprint density at radius 1 is 1.16 bits per heavy atom. The molecule has 2 amide bonds. The van der Waals surface area contributed by atoms with Gasteiger partial charge in [-0.15, -0.1) is 0 Å². The molecule has 2 rings (SSSR count). The van der Waals surface area contributed by atoms with Gasteiger partial charge in [-0.25, -0.2) is 0 Å². The fourth-order valence-electron chi connectivity index (χ4n) is 2.61. The maximum Gasteiger partial charge on any atom is 0.251 e. The van der Waals surface area contributed by atoms with Crippen LogP contribution in [0.3, 0.4) is 0 Å². The number of nitrogens with one attached hydrogen (secondary N) is 1. The van der Waals surface area contributed by atoms with Gasteiger partial charge >= 0.3 is 0 Å². The summed E-state index contributed by atoms with van der Waals surface area (Å²) >= 11 is 0. The average Bonchev–Trinajstić information content (AvgIpc) is 2.39. The van der Waals surface area contributed by atoms with E-state index in [4.69, 9.17) is 5.73 Å². The smallest absolute Gasteiger partial charge is 0.251 e. The summed E-state index contributed by atoms with van der Waals surface area (Å²) in [5.74, 6) is -0.268. The fourth-order valence-corrected chi connectivity index (χ4v) is 2.61. The molecular weight excluding hydrogens is 240 g/mol. The Hall–Kier alpha value is -1.84. The molecule has 4 heteroatoms. The van der Waals surface area contributed by atoms with E-state index >= 15 is 0 Å². The molecule has 3 N–H and O–H groups in total. The first-order valence-electron chi connectivity index (χ1n) is 6.73. The molecule has 0 radical (unpaired) electrons. The van der Waals surface area contributed by atoms with Crippen LogP contribution in [0.2, 0.25) is 0 Å². The van der Waals surface area contributed by atoms with Crippen molar-refractivity contribution >= 4 is 11.8 Å². The van der Waals surface area contributed by atoms with Crippen molar-refractivity contribution in [3.63, 3.8) is 0 Å². The molecule has 0 spiro atoms. The Bertz CT molecular complexity index is 477. The van der Waals surface area contributed by atoms with Gasteiger partial charge in [0.25, 0.3) is 5.91 Å². The van der Waals surface area contributed by atoms with Gasteiger partial charge in [0.05, 0.1) is 0 Å². The van der Waals surface area contributed by atoms with Crippen molar-refractivity contribution in [2.45, 2.75) is 38.6 Å². The highest BCUT2D eigenvalue weighted by atomic mass is 16.2. The van der Waals surface area contributed by atoms with Crippen molar-refractivity contribution < 1.29 is 9.59 Å². The quantitative estimate of drug-likeness (QED) is 0.869. The summed E-state index contributed by atoms with van der Waals surface area (Å²) in [5.41, 5.74) is 7.00. The monoisotopic (exact) mass is 260 g/mol. The second-order valence-corrected chi connectivity index (χ2v) is 5.24. The van der Waals surface area contributed by atoms with E-state index in [2.05, 4.69) is 5.32 Å². The predicted octanol–water partition coefficient (Wildman–Crippen LogP) is 1.77. The molecule has 4 nitrogen and oxygen atoms in total. The van der Waals surface area contributed by atoms with E-state index < -0.39 is 0 Å². The van der Waals surface area contributed by atoms with Gasteiger partial charge < -0.3 is 11.1 Å². The zero-order valence-electron chi connectivity index (χ0n) is 11.2. The highest BCUT2D eigenvalue weighted by Gasteiger charge is 2.25. The van der Waals surface area contributed by atoms with E-state index in [1.807, 2.05) is 31.2 Å². The summed E-state index contributed by atoms with van der Waals surface area (Å²) in [7, 11) is 0. The van der Waals surface area contributed by atoms with Crippen LogP contribution in [-0.4, -0.2) is 17.9 Å². The minimum atomic E-state index is -0.219. The molecule has 1 aromatic rings. The SMILES string of the molecule is Cc1ccccc1C(=O)N[C@H]1CC[C@@H](C(N)=O)CC1. The van der Waals surface area contributed by atoms with Crippen molar-refractivity contribution in [3.05, 3.63) is 35.4 Å². The third kappa shape index (κ3) is 3.34. The molecule has 1 aliphatic rings. The van der Waals surface area contributed by atoms with Crippen LogP contribution in [0.5, 0.6) is 0 Å². The van der Waals surface area contributed by atoms with Crippen LogP contribution in [0, 0.1) is 12.8 Å². The summed E-state index contributed by atoms with van der Waals surface area (Å²) in [6.45, 7) is 1.93. The lowest BCUT2D eigenvalue weighted by Crippen LogP contribution is -2.39. The molecule has 0 aliphatic heterocycles. The lowest BCUT2D eigenvalue weighted by atomic mass is 9.85. The van der Waals surface area contributed by atoms with Crippen molar-refractivity contribution in [2.75, 3.05) is 0 Å². The molecule has 1 saturated carbocycles. The molecule has 102 valence electrons. The molecule has 0 saturated heterocycles. The predicted molar refractivity (Wildman–Crippen MR) is 73.6 cm³/mol. The maximum absolute atomic E-state index is 12.1. The number of primary amides is 1. The molecule has 19 heavy (non-hydrogen) atoms. The Labute approximate surface area is 113 Å². The highest BCUT2D eigenvalue weighted by Crippen LogP contribution is 2.24. The number of hydrogen-bond acceptors (Lipinski definition) is 2. The van der Waals surface area contributed by atoms with Crippen LogP contribution >= 0.6 is 0 Å². The number of amides is 2. The van der Waals surface area contributed by atoms with Crippen LogP contribution in [0.4, 0.5) is 0 Å². The molecule has 0 unspecified atom stereocenters. The minimum absolute atomic E-state index is 0.0217. The molecule has 1 aromatic carbocycles. The Morgan fingerprint density at radius 3 is 2.37 bits per heavy atom. The van der Waals surface area contributed by atoms with Gasteiger partial charge in [-0.1, -0.05) is 18.2 Å². The highest BCUT2D eigenvalue weighted by molar-refractivity contribution is 5.95. The average molecular weight is 260 g/mol. The van der Waals surface area contributed by atoms with E-state index in [0.717, 1.165) is 36.8 Å². The number of carbonyl (C=O) groups excluding carboxylic acids is 2. The summed E-state index contributed by atoms with van der Waals surface area (Å²) < 4.78 is 0.